The zero-order chi connectivity index (χ0) is 14.3. The van der Waals surface area contributed by atoms with Gasteiger partial charge in [0, 0.05) is 11.6 Å². The van der Waals surface area contributed by atoms with E-state index in [0.717, 1.165) is 0 Å². The second-order valence-electron chi connectivity index (χ2n) is 3.56. The summed E-state index contributed by atoms with van der Waals surface area (Å²) in [6.45, 7) is 2.24. The van der Waals surface area contributed by atoms with Gasteiger partial charge < -0.3 is 15.4 Å². The number of benzene rings is 1. The number of carbonyl (C=O) groups excluding carboxylic acids is 2. The summed E-state index contributed by atoms with van der Waals surface area (Å²) in [5, 5.41) is 5.90. The molecule has 1 aromatic carbocycles. The molecule has 0 radical (unpaired) electrons. The van der Waals surface area contributed by atoms with E-state index in [1.165, 1.54) is 6.07 Å². The van der Waals surface area contributed by atoms with E-state index in [1.807, 2.05) is 0 Å². The lowest BCUT2D eigenvalue weighted by atomic mass is 10.3. The van der Waals surface area contributed by atoms with Crippen LogP contribution < -0.4 is 10.6 Å². The van der Waals surface area contributed by atoms with Crippen LogP contribution in [0.25, 0.3) is 0 Å². The molecular weight excluding hydrogens is 291 g/mol. The molecule has 5 nitrogen and oxygen atoms in total. The maximum atomic E-state index is 11.5. The van der Waals surface area contributed by atoms with Gasteiger partial charge in [-0.05, 0) is 25.1 Å². The minimum Gasteiger partial charge on any atom is -0.466 e. The van der Waals surface area contributed by atoms with Gasteiger partial charge in [-0.1, -0.05) is 23.2 Å². The van der Waals surface area contributed by atoms with Crippen molar-refractivity contribution in [2.24, 2.45) is 0 Å². The fraction of sp³-hybridized carbons (Fsp3) is 0.333. The van der Waals surface area contributed by atoms with Gasteiger partial charge in [0.2, 0.25) is 0 Å². The molecule has 0 aromatic heterocycles. The lowest BCUT2D eigenvalue weighted by Gasteiger charge is -2.09. The van der Waals surface area contributed by atoms with Crippen LogP contribution in [0.2, 0.25) is 10.0 Å². The quantitative estimate of drug-likeness (QED) is 0.822. The van der Waals surface area contributed by atoms with E-state index in [9.17, 15) is 9.59 Å². The number of nitrogens with one attached hydrogen (secondary N) is 2. The fourth-order valence-corrected chi connectivity index (χ4v) is 1.72. The SMILES string of the molecule is CCOC(=O)CCNC(=O)Nc1ccc(Cl)cc1Cl. The van der Waals surface area contributed by atoms with Crippen molar-refractivity contribution in [3.8, 4) is 0 Å². The molecule has 0 heterocycles. The van der Waals surface area contributed by atoms with Gasteiger partial charge >= 0.3 is 12.0 Å². The molecule has 0 aliphatic heterocycles. The Balaban J connectivity index is 2.37. The van der Waals surface area contributed by atoms with E-state index in [1.54, 1.807) is 19.1 Å². The second kappa shape index (κ2) is 7.86. The number of carbonyl (C=O) groups is 2. The Kier molecular flexibility index (Phi) is 6.45. The lowest BCUT2D eigenvalue weighted by molar-refractivity contribution is -0.142. The number of anilines is 1. The Morgan fingerprint density at radius 1 is 1.32 bits per heavy atom. The standard InChI is InChI=1S/C12H14Cl2N2O3/c1-2-19-11(17)5-6-15-12(18)16-10-4-3-8(13)7-9(10)14/h3-4,7H,2,5-6H2,1H3,(H2,15,16,18). The van der Waals surface area contributed by atoms with Crippen LogP contribution in [0.5, 0.6) is 0 Å². The number of esters is 1. The van der Waals surface area contributed by atoms with Crippen LogP contribution in [0.3, 0.4) is 0 Å². The van der Waals surface area contributed by atoms with Crippen LogP contribution in [0.4, 0.5) is 10.5 Å². The van der Waals surface area contributed by atoms with Crippen LogP contribution in [0.15, 0.2) is 18.2 Å². The van der Waals surface area contributed by atoms with Crippen molar-refractivity contribution in [1.29, 1.82) is 0 Å². The molecule has 0 saturated heterocycles. The molecule has 0 spiro atoms. The van der Waals surface area contributed by atoms with Gasteiger partial charge in [-0.15, -0.1) is 0 Å². The van der Waals surface area contributed by atoms with Crippen molar-refractivity contribution in [3.05, 3.63) is 28.2 Å². The molecular formula is C12H14Cl2N2O3. The molecule has 2 N–H and O–H groups in total. The molecule has 1 rings (SSSR count). The molecule has 0 fully saturated rings. The molecule has 7 heteroatoms. The largest absolute Gasteiger partial charge is 0.466 e. The van der Waals surface area contributed by atoms with E-state index in [2.05, 4.69) is 10.6 Å². The van der Waals surface area contributed by atoms with Gasteiger partial charge in [0.25, 0.3) is 0 Å². The lowest BCUT2D eigenvalue weighted by Crippen LogP contribution is -2.31. The van der Waals surface area contributed by atoms with Gasteiger partial charge in [0.15, 0.2) is 0 Å². The number of amides is 2. The van der Waals surface area contributed by atoms with Gasteiger partial charge in [-0.3, -0.25) is 4.79 Å². The van der Waals surface area contributed by atoms with Crippen LogP contribution in [-0.4, -0.2) is 25.2 Å². The maximum absolute atomic E-state index is 11.5. The average molecular weight is 305 g/mol. The number of urea groups is 1. The molecule has 2 amide bonds. The highest BCUT2D eigenvalue weighted by Gasteiger charge is 2.07. The molecule has 0 unspecified atom stereocenters. The molecule has 0 aliphatic carbocycles. The molecule has 1 aromatic rings. The Hall–Kier alpha value is -1.46. The van der Waals surface area contributed by atoms with Crippen LogP contribution >= 0.6 is 23.2 Å². The highest BCUT2D eigenvalue weighted by Crippen LogP contribution is 2.25. The summed E-state index contributed by atoms with van der Waals surface area (Å²) in [4.78, 5) is 22.6. The third kappa shape index (κ3) is 5.81. The third-order valence-corrected chi connectivity index (χ3v) is 2.65. The van der Waals surface area contributed by atoms with Crippen molar-refractivity contribution in [2.45, 2.75) is 13.3 Å². The fourth-order valence-electron chi connectivity index (χ4n) is 1.27. The number of hydrogen-bond acceptors (Lipinski definition) is 3. The zero-order valence-electron chi connectivity index (χ0n) is 10.3. The topological polar surface area (TPSA) is 67.4 Å². The Bertz CT molecular complexity index is 466. The van der Waals surface area contributed by atoms with Crippen LogP contribution in [0.1, 0.15) is 13.3 Å². The monoisotopic (exact) mass is 304 g/mol. The first-order valence-corrected chi connectivity index (χ1v) is 6.44. The molecule has 0 atom stereocenters. The van der Waals surface area contributed by atoms with E-state index >= 15 is 0 Å². The Morgan fingerprint density at radius 3 is 2.68 bits per heavy atom. The van der Waals surface area contributed by atoms with Crippen molar-refractivity contribution in [1.82, 2.24) is 5.32 Å². The highest BCUT2D eigenvalue weighted by atomic mass is 35.5. The van der Waals surface area contributed by atoms with E-state index in [4.69, 9.17) is 27.9 Å². The Morgan fingerprint density at radius 2 is 2.05 bits per heavy atom. The van der Waals surface area contributed by atoms with Crippen LogP contribution in [0, 0.1) is 0 Å². The average Bonchev–Trinajstić information content (AvgIpc) is 2.33. The summed E-state index contributed by atoms with van der Waals surface area (Å²) in [6, 6.07) is 4.28. The van der Waals surface area contributed by atoms with Gasteiger partial charge in [0.1, 0.15) is 0 Å². The van der Waals surface area contributed by atoms with Crippen molar-refractivity contribution in [3.63, 3.8) is 0 Å². The highest BCUT2D eigenvalue weighted by molar-refractivity contribution is 6.36. The summed E-state index contributed by atoms with van der Waals surface area (Å²) in [5.74, 6) is -0.354. The number of hydrogen-bond donors (Lipinski definition) is 2. The van der Waals surface area contributed by atoms with Crippen molar-refractivity contribution in [2.75, 3.05) is 18.5 Å². The van der Waals surface area contributed by atoms with E-state index in [0.29, 0.717) is 22.3 Å². The van der Waals surface area contributed by atoms with Crippen LogP contribution in [-0.2, 0) is 9.53 Å². The summed E-state index contributed by atoms with van der Waals surface area (Å²) in [5.41, 5.74) is 0.444. The molecule has 104 valence electrons. The van der Waals surface area contributed by atoms with E-state index in [-0.39, 0.29) is 18.9 Å². The molecule has 0 bridgehead atoms. The summed E-state index contributed by atoms with van der Waals surface area (Å²) in [6.07, 6.45) is 0.121. The third-order valence-electron chi connectivity index (χ3n) is 2.10. The second-order valence-corrected chi connectivity index (χ2v) is 4.40. The number of halogens is 2. The van der Waals surface area contributed by atoms with Crippen molar-refractivity contribution >= 4 is 40.9 Å². The smallest absolute Gasteiger partial charge is 0.319 e. The molecule has 0 saturated carbocycles. The maximum Gasteiger partial charge on any atom is 0.319 e. The number of rotatable bonds is 5. The summed E-state index contributed by atoms with van der Waals surface area (Å²) < 4.78 is 4.73. The Labute approximate surface area is 121 Å². The van der Waals surface area contributed by atoms with Gasteiger partial charge in [-0.25, -0.2) is 4.79 Å². The number of ether oxygens (including phenoxy) is 1. The first-order chi connectivity index (χ1) is 9.02. The molecule has 0 aliphatic rings. The minimum atomic E-state index is -0.450. The van der Waals surface area contributed by atoms with E-state index < -0.39 is 6.03 Å². The summed E-state index contributed by atoms with van der Waals surface area (Å²) in [7, 11) is 0. The zero-order valence-corrected chi connectivity index (χ0v) is 11.8. The molecule has 19 heavy (non-hydrogen) atoms. The predicted octanol–water partition coefficient (Wildman–Crippen LogP) is 3.07. The van der Waals surface area contributed by atoms with Gasteiger partial charge in [-0.2, -0.15) is 0 Å². The van der Waals surface area contributed by atoms with Crippen molar-refractivity contribution < 1.29 is 14.3 Å². The predicted molar refractivity (Wildman–Crippen MR) is 74.7 cm³/mol. The first-order valence-electron chi connectivity index (χ1n) is 5.68. The summed E-state index contributed by atoms with van der Waals surface area (Å²) >= 11 is 11.6. The minimum absolute atomic E-state index is 0.121. The van der Waals surface area contributed by atoms with Gasteiger partial charge in [0.05, 0.1) is 23.7 Å². The normalized spacial score (nSPS) is 9.84. The first kappa shape index (κ1) is 15.6.